The molecule has 0 N–H and O–H groups in total. The Labute approximate surface area is 174 Å². The molecule has 29 heavy (non-hydrogen) atoms. The second-order valence-electron chi connectivity index (χ2n) is 8.40. The molecule has 158 valence electrons. The maximum Gasteiger partial charge on any atom is 0.242 e. The van der Waals surface area contributed by atoms with Gasteiger partial charge in [0.1, 0.15) is 5.76 Å². The molecule has 0 atom stereocenters. The Morgan fingerprint density at radius 3 is 2.21 bits per heavy atom. The summed E-state index contributed by atoms with van der Waals surface area (Å²) < 4.78 is 5.46. The van der Waals surface area contributed by atoms with E-state index >= 15 is 0 Å². The summed E-state index contributed by atoms with van der Waals surface area (Å²) >= 11 is 0. The van der Waals surface area contributed by atoms with Crippen molar-refractivity contribution in [3.8, 4) is 0 Å². The van der Waals surface area contributed by atoms with Crippen LogP contribution in [-0.2, 0) is 22.6 Å². The van der Waals surface area contributed by atoms with E-state index in [9.17, 15) is 9.59 Å². The van der Waals surface area contributed by atoms with Crippen LogP contribution in [0.1, 0.15) is 45.4 Å². The van der Waals surface area contributed by atoms with E-state index in [1.165, 1.54) is 5.56 Å². The highest BCUT2D eigenvalue weighted by Gasteiger charge is 2.23. The number of hydrogen-bond acceptors (Lipinski definition) is 3. The monoisotopic (exact) mass is 398 g/mol. The Morgan fingerprint density at radius 2 is 1.62 bits per heavy atom. The number of furan rings is 1. The molecule has 1 aromatic carbocycles. The zero-order valence-corrected chi connectivity index (χ0v) is 18.1. The maximum atomic E-state index is 13.2. The highest BCUT2D eigenvalue weighted by atomic mass is 16.3. The van der Waals surface area contributed by atoms with E-state index < -0.39 is 0 Å². The van der Waals surface area contributed by atoms with Crippen LogP contribution in [0.4, 0.5) is 0 Å². The molecule has 0 bridgehead atoms. The van der Waals surface area contributed by atoms with Gasteiger partial charge in [-0.05, 0) is 36.0 Å². The van der Waals surface area contributed by atoms with Gasteiger partial charge in [0.25, 0.3) is 0 Å². The van der Waals surface area contributed by atoms with Crippen molar-refractivity contribution in [3.05, 3.63) is 60.1 Å². The maximum absolute atomic E-state index is 13.2. The summed E-state index contributed by atoms with van der Waals surface area (Å²) in [7, 11) is 0. The molecule has 1 aromatic heterocycles. The van der Waals surface area contributed by atoms with Crippen LogP contribution in [0.5, 0.6) is 0 Å². The van der Waals surface area contributed by atoms with Crippen LogP contribution >= 0.6 is 0 Å². The van der Waals surface area contributed by atoms with E-state index in [1.807, 2.05) is 44.2 Å². The molecule has 5 nitrogen and oxygen atoms in total. The van der Waals surface area contributed by atoms with Crippen LogP contribution in [0.3, 0.4) is 0 Å². The summed E-state index contributed by atoms with van der Waals surface area (Å²) in [5.41, 5.74) is 1.18. The molecule has 0 unspecified atom stereocenters. The molecule has 0 spiro atoms. The smallest absolute Gasteiger partial charge is 0.242 e. The molecule has 0 aliphatic carbocycles. The Bertz CT molecular complexity index is 739. The molecule has 0 aliphatic rings. The van der Waals surface area contributed by atoms with Crippen molar-refractivity contribution in [2.75, 3.05) is 19.6 Å². The van der Waals surface area contributed by atoms with Gasteiger partial charge in [0.2, 0.25) is 11.8 Å². The quantitative estimate of drug-likeness (QED) is 0.564. The lowest BCUT2D eigenvalue weighted by molar-refractivity contribution is -0.141. The SMILES string of the molecule is CC(C)CC(=O)N(CC(=O)N(CCc1ccccc1)Cc1ccco1)CC(C)C. The van der Waals surface area contributed by atoms with Crippen LogP contribution in [0.25, 0.3) is 0 Å². The van der Waals surface area contributed by atoms with Crippen LogP contribution in [0.2, 0.25) is 0 Å². The van der Waals surface area contributed by atoms with Gasteiger partial charge in [0, 0.05) is 19.5 Å². The minimum atomic E-state index is -0.0462. The van der Waals surface area contributed by atoms with Gasteiger partial charge < -0.3 is 14.2 Å². The van der Waals surface area contributed by atoms with Gasteiger partial charge in [-0.2, -0.15) is 0 Å². The average Bonchev–Trinajstić information content (AvgIpc) is 3.17. The summed E-state index contributed by atoms with van der Waals surface area (Å²) in [6.07, 6.45) is 2.84. The fourth-order valence-corrected chi connectivity index (χ4v) is 3.23. The predicted octanol–water partition coefficient (Wildman–Crippen LogP) is 4.38. The number of amides is 2. The lowest BCUT2D eigenvalue weighted by Crippen LogP contribution is -2.44. The molecule has 0 radical (unpaired) electrons. The number of hydrogen-bond donors (Lipinski definition) is 0. The first-order valence-corrected chi connectivity index (χ1v) is 10.5. The standard InChI is InChI=1S/C24H34N2O3/c1-19(2)15-23(27)26(16-20(3)4)18-24(28)25(17-22-11-8-14-29-22)13-12-21-9-6-5-7-10-21/h5-11,14,19-20H,12-13,15-18H2,1-4H3. The lowest BCUT2D eigenvalue weighted by Gasteiger charge is -2.29. The minimum absolute atomic E-state index is 0.0445. The van der Waals surface area contributed by atoms with E-state index in [0.29, 0.717) is 32.0 Å². The molecule has 0 aliphatic heterocycles. The van der Waals surface area contributed by atoms with Crippen LogP contribution < -0.4 is 0 Å². The largest absolute Gasteiger partial charge is 0.467 e. The van der Waals surface area contributed by atoms with Crippen LogP contribution in [0, 0.1) is 11.8 Å². The van der Waals surface area contributed by atoms with E-state index in [0.717, 1.165) is 12.2 Å². The minimum Gasteiger partial charge on any atom is -0.467 e. The average molecular weight is 399 g/mol. The lowest BCUT2D eigenvalue weighted by atomic mass is 10.1. The van der Waals surface area contributed by atoms with E-state index in [1.54, 1.807) is 16.1 Å². The Kier molecular flexibility index (Phi) is 8.97. The van der Waals surface area contributed by atoms with E-state index in [-0.39, 0.29) is 24.3 Å². The molecular weight excluding hydrogens is 364 g/mol. The topological polar surface area (TPSA) is 53.8 Å². The number of carbonyl (C=O) groups is 2. The number of rotatable bonds is 11. The fraction of sp³-hybridized carbons (Fsp3) is 0.500. The Balaban J connectivity index is 2.09. The molecule has 0 saturated carbocycles. The third-order valence-corrected chi connectivity index (χ3v) is 4.64. The van der Waals surface area contributed by atoms with Gasteiger partial charge in [-0.3, -0.25) is 9.59 Å². The summed E-state index contributed by atoms with van der Waals surface area (Å²) in [4.78, 5) is 29.3. The van der Waals surface area contributed by atoms with Crippen molar-refractivity contribution in [3.63, 3.8) is 0 Å². The van der Waals surface area contributed by atoms with Gasteiger partial charge in [-0.15, -0.1) is 0 Å². The fourth-order valence-electron chi connectivity index (χ4n) is 3.23. The predicted molar refractivity (Wildman–Crippen MR) is 115 cm³/mol. The first-order valence-electron chi connectivity index (χ1n) is 10.5. The molecule has 0 fully saturated rings. The highest BCUT2D eigenvalue weighted by Crippen LogP contribution is 2.12. The number of benzene rings is 1. The molecule has 1 heterocycles. The van der Waals surface area contributed by atoms with Crippen LogP contribution in [-0.4, -0.2) is 41.2 Å². The van der Waals surface area contributed by atoms with Crippen molar-refractivity contribution < 1.29 is 14.0 Å². The molecule has 2 rings (SSSR count). The van der Waals surface area contributed by atoms with Crippen molar-refractivity contribution >= 4 is 11.8 Å². The van der Waals surface area contributed by atoms with Gasteiger partial charge in [0.15, 0.2) is 0 Å². The van der Waals surface area contributed by atoms with Crippen molar-refractivity contribution in [1.82, 2.24) is 9.80 Å². The zero-order chi connectivity index (χ0) is 21.2. The summed E-state index contributed by atoms with van der Waals surface area (Å²) in [6, 6.07) is 13.8. The Hall–Kier alpha value is -2.56. The normalized spacial score (nSPS) is 11.1. The summed E-state index contributed by atoms with van der Waals surface area (Å²) in [5.74, 6) is 1.32. The third kappa shape index (κ3) is 8.14. The van der Waals surface area contributed by atoms with Crippen molar-refractivity contribution in [2.45, 2.75) is 47.1 Å². The van der Waals surface area contributed by atoms with Crippen LogP contribution in [0.15, 0.2) is 53.1 Å². The third-order valence-electron chi connectivity index (χ3n) is 4.64. The van der Waals surface area contributed by atoms with E-state index in [2.05, 4.69) is 26.0 Å². The Morgan fingerprint density at radius 1 is 0.897 bits per heavy atom. The highest BCUT2D eigenvalue weighted by molar-refractivity contribution is 5.85. The molecular formula is C24H34N2O3. The van der Waals surface area contributed by atoms with Crippen molar-refractivity contribution in [1.29, 1.82) is 0 Å². The second-order valence-corrected chi connectivity index (χ2v) is 8.40. The second kappa shape index (κ2) is 11.4. The first kappa shape index (κ1) is 22.7. The number of carbonyl (C=O) groups excluding carboxylic acids is 2. The molecule has 2 aromatic rings. The van der Waals surface area contributed by atoms with Gasteiger partial charge >= 0.3 is 0 Å². The number of nitrogens with zero attached hydrogens (tertiary/aromatic N) is 2. The van der Waals surface area contributed by atoms with E-state index in [4.69, 9.17) is 4.42 Å². The molecule has 2 amide bonds. The van der Waals surface area contributed by atoms with Crippen molar-refractivity contribution in [2.24, 2.45) is 11.8 Å². The molecule has 0 saturated heterocycles. The van der Waals surface area contributed by atoms with Gasteiger partial charge in [-0.1, -0.05) is 58.0 Å². The van der Waals surface area contributed by atoms with Gasteiger partial charge in [0.05, 0.1) is 19.4 Å². The summed E-state index contributed by atoms with van der Waals surface area (Å²) in [5, 5.41) is 0. The summed E-state index contributed by atoms with van der Waals surface area (Å²) in [6.45, 7) is 9.87. The first-order chi connectivity index (χ1) is 13.8. The zero-order valence-electron chi connectivity index (χ0n) is 18.1. The molecule has 5 heteroatoms. The van der Waals surface area contributed by atoms with Gasteiger partial charge in [-0.25, -0.2) is 0 Å².